The van der Waals surface area contributed by atoms with Crippen LogP contribution in [0.1, 0.15) is 24.0 Å². The highest BCUT2D eigenvalue weighted by Crippen LogP contribution is 2.17. The fraction of sp³-hybridized carbons (Fsp3) is 0.500. The van der Waals surface area contributed by atoms with Crippen LogP contribution in [0.2, 0.25) is 0 Å². The molecule has 0 spiro atoms. The van der Waals surface area contributed by atoms with Crippen LogP contribution in [0.3, 0.4) is 0 Å². The zero-order chi connectivity index (χ0) is 12.3. The first-order chi connectivity index (χ1) is 8.16. The molecule has 0 aliphatic carbocycles. The van der Waals surface area contributed by atoms with Gasteiger partial charge in [-0.1, -0.05) is 6.07 Å². The molecule has 3 nitrogen and oxygen atoms in total. The number of carbonyl (C=O) groups is 1. The average Bonchev–Trinajstić information content (AvgIpc) is 2.35. The second kappa shape index (κ2) is 6.76. The van der Waals surface area contributed by atoms with Gasteiger partial charge in [0.15, 0.2) is 0 Å². The Bertz CT molecular complexity index is 414. The Balaban J connectivity index is 0.00000162. The zero-order valence-corrected chi connectivity index (χ0v) is 11.8. The summed E-state index contributed by atoms with van der Waals surface area (Å²) >= 11 is 0. The number of hydrogen-bond donors (Lipinski definition) is 2. The minimum atomic E-state index is 0. The summed E-state index contributed by atoms with van der Waals surface area (Å²) in [4.78, 5) is 12.0. The van der Waals surface area contributed by atoms with Gasteiger partial charge in [-0.15, -0.1) is 12.4 Å². The zero-order valence-electron chi connectivity index (χ0n) is 11.0. The Labute approximate surface area is 115 Å². The number of anilines is 1. The van der Waals surface area contributed by atoms with E-state index in [1.807, 2.05) is 18.2 Å². The van der Waals surface area contributed by atoms with Crippen LogP contribution >= 0.6 is 12.4 Å². The van der Waals surface area contributed by atoms with Crippen molar-refractivity contribution in [3.63, 3.8) is 0 Å². The van der Waals surface area contributed by atoms with Crippen LogP contribution in [0.15, 0.2) is 18.2 Å². The first-order valence-electron chi connectivity index (χ1n) is 6.25. The summed E-state index contributed by atoms with van der Waals surface area (Å²) in [7, 11) is 0. The molecule has 1 atom stereocenters. The second-order valence-electron chi connectivity index (χ2n) is 4.83. The van der Waals surface area contributed by atoms with Gasteiger partial charge < -0.3 is 10.6 Å². The van der Waals surface area contributed by atoms with Crippen LogP contribution in [-0.4, -0.2) is 19.0 Å². The van der Waals surface area contributed by atoms with Crippen molar-refractivity contribution >= 4 is 24.0 Å². The van der Waals surface area contributed by atoms with Crippen molar-refractivity contribution in [1.29, 1.82) is 0 Å². The van der Waals surface area contributed by atoms with Gasteiger partial charge in [-0.3, -0.25) is 4.79 Å². The third-order valence-corrected chi connectivity index (χ3v) is 3.44. The van der Waals surface area contributed by atoms with Crippen molar-refractivity contribution in [3.05, 3.63) is 29.3 Å². The maximum absolute atomic E-state index is 12.0. The van der Waals surface area contributed by atoms with E-state index in [0.29, 0.717) is 0 Å². The quantitative estimate of drug-likeness (QED) is 0.866. The Morgan fingerprint density at radius 1 is 1.33 bits per heavy atom. The van der Waals surface area contributed by atoms with Gasteiger partial charge in [-0.05, 0) is 56.5 Å². The first kappa shape index (κ1) is 15.0. The molecule has 100 valence electrons. The van der Waals surface area contributed by atoms with E-state index in [2.05, 4.69) is 24.5 Å². The van der Waals surface area contributed by atoms with Crippen molar-refractivity contribution in [2.75, 3.05) is 18.4 Å². The van der Waals surface area contributed by atoms with E-state index in [-0.39, 0.29) is 24.2 Å². The molecule has 1 aromatic carbocycles. The summed E-state index contributed by atoms with van der Waals surface area (Å²) in [6.45, 7) is 5.98. The van der Waals surface area contributed by atoms with Crippen molar-refractivity contribution < 1.29 is 4.79 Å². The van der Waals surface area contributed by atoms with Gasteiger partial charge in [0.25, 0.3) is 0 Å². The normalized spacial score (nSPS) is 18.9. The number of halogens is 1. The summed E-state index contributed by atoms with van der Waals surface area (Å²) < 4.78 is 0. The molecule has 0 saturated carbocycles. The fourth-order valence-electron chi connectivity index (χ4n) is 2.14. The summed E-state index contributed by atoms with van der Waals surface area (Å²) in [6, 6.07) is 6.05. The number of nitrogens with one attached hydrogen (secondary N) is 2. The molecular formula is C14H21ClN2O. The molecule has 1 fully saturated rings. The molecule has 1 aliphatic heterocycles. The fourth-order valence-corrected chi connectivity index (χ4v) is 2.14. The minimum absolute atomic E-state index is 0. The third kappa shape index (κ3) is 3.72. The number of rotatable bonds is 2. The number of benzene rings is 1. The van der Waals surface area contributed by atoms with Gasteiger partial charge in [-0.2, -0.15) is 0 Å². The second-order valence-corrected chi connectivity index (χ2v) is 4.83. The summed E-state index contributed by atoms with van der Waals surface area (Å²) in [6.07, 6.45) is 2.08. The molecular weight excluding hydrogens is 248 g/mol. The predicted molar refractivity (Wildman–Crippen MR) is 77.4 cm³/mol. The van der Waals surface area contributed by atoms with Crippen LogP contribution in [-0.2, 0) is 4.79 Å². The van der Waals surface area contributed by atoms with E-state index in [1.165, 1.54) is 11.1 Å². The lowest BCUT2D eigenvalue weighted by atomic mass is 9.98. The molecule has 0 radical (unpaired) electrons. The van der Waals surface area contributed by atoms with Gasteiger partial charge in [0, 0.05) is 12.2 Å². The molecule has 1 unspecified atom stereocenters. The largest absolute Gasteiger partial charge is 0.326 e. The molecule has 1 heterocycles. The molecule has 0 aromatic heterocycles. The molecule has 0 bridgehead atoms. The van der Waals surface area contributed by atoms with Gasteiger partial charge in [0.1, 0.15) is 0 Å². The standard InChI is InChI=1S/C14H20N2O.ClH/c1-10-5-6-13(8-11(10)2)16-14(17)12-4-3-7-15-9-12;/h5-6,8,12,15H,3-4,7,9H2,1-2H3,(H,16,17);1H. The molecule has 2 rings (SSSR count). The monoisotopic (exact) mass is 268 g/mol. The highest BCUT2D eigenvalue weighted by molar-refractivity contribution is 5.92. The van der Waals surface area contributed by atoms with Crippen LogP contribution in [0.25, 0.3) is 0 Å². The van der Waals surface area contributed by atoms with Gasteiger partial charge >= 0.3 is 0 Å². The number of aryl methyl sites for hydroxylation is 2. The van der Waals surface area contributed by atoms with E-state index in [9.17, 15) is 4.79 Å². The van der Waals surface area contributed by atoms with E-state index < -0.39 is 0 Å². The maximum Gasteiger partial charge on any atom is 0.228 e. The summed E-state index contributed by atoms with van der Waals surface area (Å²) in [5, 5.41) is 6.26. The SMILES string of the molecule is Cc1ccc(NC(=O)C2CCCNC2)cc1C.Cl. The van der Waals surface area contributed by atoms with Gasteiger partial charge in [0.05, 0.1) is 5.92 Å². The Morgan fingerprint density at radius 3 is 2.72 bits per heavy atom. The number of hydrogen-bond acceptors (Lipinski definition) is 2. The molecule has 2 N–H and O–H groups in total. The highest BCUT2D eigenvalue weighted by atomic mass is 35.5. The van der Waals surface area contributed by atoms with Crippen LogP contribution in [0, 0.1) is 19.8 Å². The van der Waals surface area contributed by atoms with E-state index in [4.69, 9.17) is 0 Å². The lowest BCUT2D eigenvalue weighted by Gasteiger charge is -2.22. The van der Waals surface area contributed by atoms with Gasteiger partial charge in [-0.25, -0.2) is 0 Å². The van der Waals surface area contributed by atoms with Gasteiger partial charge in [0.2, 0.25) is 5.91 Å². The first-order valence-corrected chi connectivity index (χ1v) is 6.25. The third-order valence-electron chi connectivity index (χ3n) is 3.44. The number of amides is 1. The van der Waals surface area contributed by atoms with Crippen molar-refractivity contribution in [3.8, 4) is 0 Å². The van der Waals surface area contributed by atoms with Crippen molar-refractivity contribution in [2.45, 2.75) is 26.7 Å². The lowest BCUT2D eigenvalue weighted by molar-refractivity contribution is -0.120. The Morgan fingerprint density at radius 2 is 2.11 bits per heavy atom. The smallest absolute Gasteiger partial charge is 0.228 e. The maximum atomic E-state index is 12.0. The summed E-state index contributed by atoms with van der Waals surface area (Å²) in [5.41, 5.74) is 3.37. The van der Waals surface area contributed by atoms with Crippen molar-refractivity contribution in [1.82, 2.24) is 5.32 Å². The van der Waals surface area contributed by atoms with E-state index in [0.717, 1.165) is 31.6 Å². The van der Waals surface area contributed by atoms with Crippen LogP contribution in [0.5, 0.6) is 0 Å². The predicted octanol–water partition coefficient (Wildman–Crippen LogP) is 2.66. The number of carbonyl (C=O) groups excluding carboxylic acids is 1. The molecule has 18 heavy (non-hydrogen) atoms. The molecule has 1 amide bonds. The molecule has 1 aromatic rings. The van der Waals surface area contributed by atoms with Crippen molar-refractivity contribution in [2.24, 2.45) is 5.92 Å². The molecule has 1 aliphatic rings. The lowest BCUT2D eigenvalue weighted by Crippen LogP contribution is -2.37. The van der Waals surface area contributed by atoms with Crippen LogP contribution < -0.4 is 10.6 Å². The Hall–Kier alpha value is -1.06. The molecule has 4 heteroatoms. The summed E-state index contributed by atoms with van der Waals surface area (Å²) in [5.74, 6) is 0.255. The van der Waals surface area contributed by atoms with E-state index >= 15 is 0 Å². The molecule has 1 saturated heterocycles. The minimum Gasteiger partial charge on any atom is -0.326 e. The topological polar surface area (TPSA) is 41.1 Å². The Kier molecular flexibility index (Phi) is 5.63. The van der Waals surface area contributed by atoms with Crippen LogP contribution in [0.4, 0.5) is 5.69 Å². The highest BCUT2D eigenvalue weighted by Gasteiger charge is 2.20. The number of piperidine rings is 1. The van der Waals surface area contributed by atoms with E-state index in [1.54, 1.807) is 0 Å². The average molecular weight is 269 g/mol.